The number of amides is 1. The number of fused-ring (bicyclic) bond motifs is 2. The molecule has 1 aromatic heterocycles. The van der Waals surface area contributed by atoms with Gasteiger partial charge < -0.3 is 9.88 Å². The summed E-state index contributed by atoms with van der Waals surface area (Å²) in [6.45, 7) is 6.20. The predicted molar refractivity (Wildman–Crippen MR) is 118 cm³/mol. The molecule has 4 aromatic rings. The molecule has 150 valence electrons. The lowest BCUT2D eigenvalue weighted by atomic mass is 9.91. The summed E-state index contributed by atoms with van der Waals surface area (Å²) in [6, 6.07) is 22.3. The molecule has 0 aliphatic carbocycles. The molecular weight excluding hydrogens is 375 g/mol. The van der Waals surface area contributed by atoms with Crippen LogP contribution in [-0.2, 0) is 0 Å². The monoisotopic (exact) mass is 398 g/mol. The van der Waals surface area contributed by atoms with E-state index in [2.05, 4.69) is 31.8 Å². The van der Waals surface area contributed by atoms with Gasteiger partial charge in [-0.15, -0.1) is 0 Å². The first-order valence-electron chi connectivity index (χ1n) is 10.2. The minimum Gasteiger partial charge on any atom is -0.354 e. The fourth-order valence-corrected chi connectivity index (χ4v) is 4.58. The molecule has 0 fully saturated rings. The van der Waals surface area contributed by atoms with Crippen molar-refractivity contribution < 1.29 is 9.18 Å². The van der Waals surface area contributed by atoms with E-state index in [0.717, 1.165) is 38.9 Å². The van der Waals surface area contributed by atoms with Gasteiger partial charge in [-0.05, 0) is 68.3 Å². The van der Waals surface area contributed by atoms with Gasteiger partial charge in [-0.1, -0.05) is 36.4 Å². The zero-order chi connectivity index (χ0) is 21.0. The maximum Gasteiger partial charge on any atom is 0.255 e. The molecule has 0 radical (unpaired) electrons. The number of carbonyl (C=O) groups is 1. The van der Waals surface area contributed by atoms with Crippen molar-refractivity contribution in [2.75, 3.05) is 0 Å². The lowest BCUT2D eigenvalue weighted by molar-refractivity contribution is 0.0554. The summed E-state index contributed by atoms with van der Waals surface area (Å²) < 4.78 is 13.6. The maximum absolute atomic E-state index is 13.6. The SMILES string of the molecule is CC(C)(C)N1C(=O)c2ccccc2[C@@H]1c1c(-c2ccc(F)cc2)[nH]c2ccccc12. The predicted octanol–water partition coefficient (Wildman–Crippen LogP) is 6.32. The van der Waals surface area contributed by atoms with Crippen LogP contribution in [0.15, 0.2) is 72.8 Å². The average Bonchev–Trinajstić information content (AvgIpc) is 3.24. The first-order chi connectivity index (χ1) is 14.4. The molecule has 3 aromatic carbocycles. The van der Waals surface area contributed by atoms with E-state index in [1.807, 2.05) is 47.4 Å². The fourth-order valence-electron chi connectivity index (χ4n) is 4.58. The van der Waals surface area contributed by atoms with Gasteiger partial charge in [0, 0.05) is 27.6 Å². The highest BCUT2D eigenvalue weighted by molar-refractivity contribution is 6.02. The molecule has 0 bridgehead atoms. The molecular formula is C26H23FN2O. The normalized spacial score (nSPS) is 16.3. The van der Waals surface area contributed by atoms with Crippen molar-refractivity contribution in [1.29, 1.82) is 0 Å². The fraction of sp³-hybridized carbons (Fsp3) is 0.192. The Kier molecular flexibility index (Phi) is 4.07. The van der Waals surface area contributed by atoms with E-state index in [1.54, 1.807) is 12.1 Å². The Morgan fingerprint density at radius 2 is 1.57 bits per heavy atom. The van der Waals surface area contributed by atoms with Crippen LogP contribution in [0.1, 0.15) is 48.3 Å². The van der Waals surface area contributed by atoms with Crippen LogP contribution < -0.4 is 0 Å². The number of hydrogen-bond acceptors (Lipinski definition) is 1. The molecule has 1 N–H and O–H groups in total. The van der Waals surface area contributed by atoms with Crippen molar-refractivity contribution in [1.82, 2.24) is 9.88 Å². The van der Waals surface area contributed by atoms with E-state index >= 15 is 0 Å². The molecule has 0 spiro atoms. The number of benzene rings is 3. The van der Waals surface area contributed by atoms with Gasteiger partial charge in [0.25, 0.3) is 5.91 Å². The maximum atomic E-state index is 13.6. The summed E-state index contributed by atoms with van der Waals surface area (Å²) in [7, 11) is 0. The van der Waals surface area contributed by atoms with Gasteiger partial charge in [-0.25, -0.2) is 4.39 Å². The van der Waals surface area contributed by atoms with Gasteiger partial charge in [-0.2, -0.15) is 0 Å². The molecule has 2 heterocycles. The Balaban J connectivity index is 1.84. The van der Waals surface area contributed by atoms with Crippen molar-refractivity contribution >= 4 is 16.8 Å². The number of nitrogens with zero attached hydrogens (tertiary/aromatic N) is 1. The third-order valence-corrected chi connectivity index (χ3v) is 5.84. The molecule has 3 nitrogen and oxygen atoms in total. The summed E-state index contributed by atoms with van der Waals surface area (Å²) in [4.78, 5) is 19.0. The number of rotatable bonds is 2. The molecule has 1 atom stereocenters. The molecule has 30 heavy (non-hydrogen) atoms. The Labute approximate surface area is 175 Å². The smallest absolute Gasteiger partial charge is 0.255 e. The molecule has 5 rings (SSSR count). The molecule has 1 aliphatic heterocycles. The van der Waals surface area contributed by atoms with Crippen LogP contribution in [-0.4, -0.2) is 21.3 Å². The van der Waals surface area contributed by atoms with Crippen LogP contribution in [0.25, 0.3) is 22.2 Å². The van der Waals surface area contributed by atoms with Crippen LogP contribution in [0.3, 0.4) is 0 Å². The topological polar surface area (TPSA) is 36.1 Å². The summed E-state index contributed by atoms with van der Waals surface area (Å²) in [6.07, 6.45) is 0. The average molecular weight is 398 g/mol. The van der Waals surface area contributed by atoms with Crippen molar-refractivity contribution in [3.8, 4) is 11.3 Å². The molecule has 0 saturated carbocycles. The number of carbonyl (C=O) groups excluding carboxylic acids is 1. The van der Waals surface area contributed by atoms with Crippen LogP contribution in [0.2, 0.25) is 0 Å². The van der Waals surface area contributed by atoms with Crippen LogP contribution in [0.5, 0.6) is 0 Å². The minimum atomic E-state index is -0.376. The van der Waals surface area contributed by atoms with Crippen LogP contribution in [0.4, 0.5) is 4.39 Å². The second-order valence-electron chi connectivity index (χ2n) is 8.80. The second kappa shape index (κ2) is 6.56. The van der Waals surface area contributed by atoms with E-state index in [0.29, 0.717) is 0 Å². The summed E-state index contributed by atoms with van der Waals surface area (Å²) >= 11 is 0. The highest BCUT2D eigenvalue weighted by atomic mass is 19.1. The Hall–Kier alpha value is -3.40. The highest BCUT2D eigenvalue weighted by Gasteiger charge is 2.44. The van der Waals surface area contributed by atoms with Crippen molar-refractivity contribution in [3.05, 3.63) is 95.3 Å². The summed E-state index contributed by atoms with van der Waals surface area (Å²) in [5.74, 6) is -0.229. The first kappa shape index (κ1) is 18.6. The number of aromatic amines is 1. The summed E-state index contributed by atoms with van der Waals surface area (Å²) in [5, 5.41) is 1.07. The van der Waals surface area contributed by atoms with Gasteiger partial charge in [0.2, 0.25) is 0 Å². The molecule has 4 heteroatoms. The number of hydrogen-bond donors (Lipinski definition) is 1. The highest BCUT2D eigenvalue weighted by Crippen LogP contribution is 2.47. The van der Waals surface area contributed by atoms with Gasteiger partial charge in [0.05, 0.1) is 11.7 Å². The van der Waals surface area contributed by atoms with Gasteiger partial charge in [-0.3, -0.25) is 4.79 Å². The third-order valence-electron chi connectivity index (χ3n) is 5.84. The zero-order valence-electron chi connectivity index (χ0n) is 17.2. The molecule has 1 aliphatic rings. The largest absolute Gasteiger partial charge is 0.354 e. The first-order valence-corrected chi connectivity index (χ1v) is 10.2. The van der Waals surface area contributed by atoms with E-state index in [1.165, 1.54) is 12.1 Å². The number of para-hydroxylation sites is 1. The lowest BCUT2D eigenvalue weighted by Crippen LogP contribution is -2.44. The lowest BCUT2D eigenvalue weighted by Gasteiger charge is -2.38. The van der Waals surface area contributed by atoms with Crippen LogP contribution in [0, 0.1) is 5.82 Å². The van der Waals surface area contributed by atoms with E-state index < -0.39 is 0 Å². The van der Waals surface area contributed by atoms with Crippen molar-refractivity contribution in [3.63, 3.8) is 0 Å². The standard InChI is InChI=1S/C26H23FN2O/c1-26(2,3)29-24(18-8-4-5-9-19(18)25(29)30)22-20-10-6-7-11-21(20)28-23(22)16-12-14-17(27)15-13-16/h4-15,24,28H,1-3H3/t24-/m1/s1. The van der Waals surface area contributed by atoms with Gasteiger partial charge in [0.1, 0.15) is 5.82 Å². The number of nitrogens with one attached hydrogen (secondary N) is 1. The van der Waals surface area contributed by atoms with E-state index in [-0.39, 0.29) is 23.3 Å². The molecule has 1 amide bonds. The Morgan fingerprint density at radius 3 is 2.30 bits per heavy atom. The van der Waals surface area contributed by atoms with E-state index in [4.69, 9.17) is 0 Å². The van der Waals surface area contributed by atoms with Crippen molar-refractivity contribution in [2.24, 2.45) is 0 Å². The third kappa shape index (κ3) is 2.75. The van der Waals surface area contributed by atoms with E-state index in [9.17, 15) is 9.18 Å². The van der Waals surface area contributed by atoms with Crippen molar-refractivity contribution in [2.45, 2.75) is 32.4 Å². The zero-order valence-corrected chi connectivity index (χ0v) is 17.2. The molecule has 0 unspecified atom stereocenters. The summed E-state index contributed by atoms with van der Waals surface area (Å²) in [5.41, 5.74) is 5.23. The number of aromatic nitrogens is 1. The van der Waals surface area contributed by atoms with Gasteiger partial charge >= 0.3 is 0 Å². The number of H-pyrrole nitrogens is 1. The quantitative estimate of drug-likeness (QED) is 0.421. The minimum absolute atomic E-state index is 0.0402. The Bertz CT molecular complexity index is 1260. The Morgan fingerprint density at radius 1 is 0.900 bits per heavy atom. The second-order valence-corrected chi connectivity index (χ2v) is 8.80. The number of halogens is 1. The van der Waals surface area contributed by atoms with Crippen LogP contribution >= 0.6 is 0 Å². The molecule has 0 saturated heterocycles. The van der Waals surface area contributed by atoms with Gasteiger partial charge in [0.15, 0.2) is 0 Å².